The molecule has 0 radical (unpaired) electrons. The van der Waals surface area contributed by atoms with Crippen LogP contribution in [0.25, 0.3) is 0 Å². The van der Waals surface area contributed by atoms with Gasteiger partial charge in [-0.1, -0.05) is 12.1 Å². The van der Waals surface area contributed by atoms with E-state index in [0.29, 0.717) is 6.61 Å². The van der Waals surface area contributed by atoms with Crippen molar-refractivity contribution in [3.05, 3.63) is 29.8 Å². The van der Waals surface area contributed by atoms with Gasteiger partial charge in [-0.15, -0.1) is 0 Å². The molecule has 1 aromatic rings. The minimum atomic E-state index is -0.117. The Hall–Kier alpha value is -1.39. The molecule has 15 heavy (non-hydrogen) atoms. The zero-order chi connectivity index (χ0) is 11.1. The fourth-order valence-corrected chi connectivity index (χ4v) is 1.15. The van der Waals surface area contributed by atoms with E-state index < -0.39 is 0 Å². The second-order valence-corrected chi connectivity index (χ2v) is 3.17. The summed E-state index contributed by atoms with van der Waals surface area (Å²) in [6.07, 6.45) is 0. The van der Waals surface area contributed by atoms with Crippen LogP contribution in [0.1, 0.15) is 12.5 Å². The van der Waals surface area contributed by atoms with Crippen LogP contribution in [0.15, 0.2) is 24.3 Å². The minimum absolute atomic E-state index is 0.117. The summed E-state index contributed by atoms with van der Waals surface area (Å²) in [4.78, 5) is 16.2. The van der Waals surface area contributed by atoms with Crippen molar-refractivity contribution < 1.29 is 9.63 Å². The molecule has 0 saturated carbocycles. The quantitative estimate of drug-likeness (QED) is 0.569. The normalized spacial score (nSPS) is 10.0. The fraction of sp³-hybridized carbons (Fsp3) is 0.364. The van der Waals surface area contributed by atoms with Crippen molar-refractivity contribution in [1.29, 1.82) is 0 Å². The van der Waals surface area contributed by atoms with Gasteiger partial charge in [0.25, 0.3) is 0 Å². The molecule has 1 amide bonds. The predicted octanol–water partition coefficient (Wildman–Crippen LogP) is 1.47. The maximum Gasteiger partial charge on any atom is 0.240 e. The van der Waals surface area contributed by atoms with E-state index in [0.717, 1.165) is 11.3 Å². The molecular weight excluding hydrogens is 192 g/mol. The van der Waals surface area contributed by atoms with Gasteiger partial charge < -0.3 is 10.2 Å². The molecule has 0 bridgehead atoms. The Bertz CT molecular complexity index is 326. The Kier molecular flexibility index (Phi) is 4.80. The molecule has 0 atom stereocenters. The molecule has 0 saturated heterocycles. The molecule has 0 fully saturated rings. The summed E-state index contributed by atoms with van der Waals surface area (Å²) < 4.78 is 0. The molecule has 82 valence electrons. The highest BCUT2D eigenvalue weighted by Crippen LogP contribution is 2.08. The Morgan fingerprint density at radius 2 is 2.27 bits per heavy atom. The van der Waals surface area contributed by atoms with Crippen molar-refractivity contribution in [3.63, 3.8) is 0 Å². The third-order valence-corrected chi connectivity index (χ3v) is 1.78. The first-order valence-electron chi connectivity index (χ1n) is 4.93. The van der Waals surface area contributed by atoms with Crippen molar-refractivity contribution in [2.45, 2.75) is 13.8 Å². The van der Waals surface area contributed by atoms with Crippen molar-refractivity contribution in [1.82, 2.24) is 5.48 Å². The molecule has 4 heteroatoms. The van der Waals surface area contributed by atoms with Gasteiger partial charge in [0.15, 0.2) is 0 Å². The lowest BCUT2D eigenvalue weighted by molar-refractivity contribution is -0.117. The van der Waals surface area contributed by atoms with E-state index in [1.165, 1.54) is 0 Å². The maximum atomic E-state index is 11.3. The maximum absolute atomic E-state index is 11.3. The summed E-state index contributed by atoms with van der Waals surface area (Å²) in [6, 6.07) is 7.65. The molecule has 0 aromatic heterocycles. The van der Waals surface area contributed by atoms with Crippen LogP contribution in [0, 0.1) is 6.92 Å². The first kappa shape index (κ1) is 11.7. The Labute approximate surface area is 89.6 Å². The largest absolute Gasteiger partial charge is 0.325 e. The molecule has 0 aliphatic rings. The number of nitrogens with one attached hydrogen (secondary N) is 2. The monoisotopic (exact) mass is 208 g/mol. The highest BCUT2D eigenvalue weighted by Gasteiger charge is 2.01. The third-order valence-electron chi connectivity index (χ3n) is 1.78. The molecule has 0 spiro atoms. The standard InChI is InChI=1S/C11H16N2O2/c1-3-15-12-8-11(14)13-10-6-4-5-9(2)7-10/h4-7,12H,3,8H2,1-2H3,(H,13,14). The van der Waals surface area contributed by atoms with Gasteiger partial charge >= 0.3 is 0 Å². The van der Waals surface area contributed by atoms with E-state index in [4.69, 9.17) is 4.84 Å². The Morgan fingerprint density at radius 3 is 2.93 bits per heavy atom. The number of carbonyl (C=O) groups excluding carboxylic acids is 1. The zero-order valence-corrected chi connectivity index (χ0v) is 9.04. The Morgan fingerprint density at radius 1 is 1.47 bits per heavy atom. The van der Waals surface area contributed by atoms with Gasteiger partial charge in [0.1, 0.15) is 6.54 Å². The highest BCUT2D eigenvalue weighted by molar-refractivity contribution is 5.92. The Balaban J connectivity index is 2.37. The van der Waals surface area contributed by atoms with E-state index in [-0.39, 0.29) is 12.5 Å². The molecule has 4 nitrogen and oxygen atoms in total. The lowest BCUT2D eigenvalue weighted by atomic mass is 10.2. The van der Waals surface area contributed by atoms with Crippen LogP contribution in [0.2, 0.25) is 0 Å². The number of amides is 1. The summed E-state index contributed by atoms with van der Waals surface area (Å²) in [6.45, 7) is 4.53. The lowest BCUT2D eigenvalue weighted by Crippen LogP contribution is -2.28. The van der Waals surface area contributed by atoms with Gasteiger partial charge in [0.05, 0.1) is 6.61 Å². The summed E-state index contributed by atoms with van der Waals surface area (Å²) in [5.74, 6) is -0.117. The summed E-state index contributed by atoms with van der Waals surface area (Å²) in [7, 11) is 0. The number of hydrogen-bond acceptors (Lipinski definition) is 3. The van der Waals surface area contributed by atoms with Gasteiger partial charge in [-0.3, -0.25) is 4.79 Å². The van der Waals surface area contributed by atoms with Gasteiger partial charge in [-0.25, -0.2) is 0 Å². The fourth-order valence-electron chi connectivity index (χ4n) is 1.15. The van der Waals surface area contributed by atoms with Crippen LogP contribution < -0.4 is 10.8 Å². The minimum Gasteiger partial charge on any atom is -0.325 e. The SMILES string of the molecule is CCONCC(=O)Nc1cccc(C)c1. The first-order valence-corrected chi connectivity index (χ1v) is 4.93. The summed E-state index contributed by atoms with van der Waals surface area (Å²) in [5.41, 5.74) is 4.48. The van der Waals surface area contributed by atoms with E-state index in [2.05, 4.69) is 10.8 Å². The van der Waals surface area contributed by atoms with Crippen LogP contribution in [0.3, 0.4) is 0 Å². The van der Waals surface area contributed by atoms with Crippen LogP contribution in [-0.2, 0) is 9.63 Å². The topological polar surface area (TPSA) is 50.4 Å². The first-order chi connectivity index (χ1) is 7.22. The van der Waals surface area contributed by atoms with E-state index in [1.807, 2.05) is 38.1 Å². The number of benzene rings is 1. The van der Waals surface area contributed by atoms with Crippen molar-refractivity contribution >= 4 is 11.6 Å². The molecule has 0 aliphatic heterocycles. The molecule has 1 aromatic carbocycles. The number of hydrogen-bond donors (Lipinski definition) is 2. The van der Waals surface area contributed by atoms with Gasteiger partial charge in [0.2, 0.25) is 5.91 Å². The molecule has 0 aliphatic carbocycles. The van der Waals surface area contributed by atoms with Crippen molar-refractivity contribution in [2.75, 3.05) is 18.5 Å². The summed E-state index contributed by atoms with van der Waals surface area (Å²) >= 11 is 0. The lowest BCUT2D eigenvalue weighted by Gasteiger charge is -2.06. The van der Waals surface area contributed by atoms with Gasteiger partial charge in [-0.05, 0) is 31.5 Å². The number of hydroxylamine groups is 1. The molecular formula is C11H16N2O2. The van der Waals surface area contributed by atoms with Gasteiger partial charge in [-0.2, -0.15) is 5.48 Å². The summed E-state index contributed by atoms with van der Waals surface area (Å²) in [5, 5.41) is 2.76. The number of carbonyl (C=O) groups is 1. The number of anilines is 1. The number of aryl methyl sites for hydroxylation is 1. The highest BCUT2D eigenvalue weighted by atomic mass is 16.6. The zero-order valence-electron chi connectivity index (χ0n) is 9.04. The molecule has 0 unspecified atom stereocenters. The third kappa shape index (κ3) is 4.58. The van der Waals surface area contributed by atoms with Crippen LogP contribution in [0.4, 0.5) is 5.69 Å². The van der Waals surface area contributed by atoms with Crippen molar-refractivity contribution in [2.24, 2.45) is 0 Å². The van der Waals surface area contributed by atoms with E-state index in [9.17, 15) is 4.79 Å². The van der Waals surface area contributed by atoms with Crippen LogP contribution in [0.5, 0.6) is 0 Å². The van der Waals surface area contributed by atoms with Gasteiger partial charge in [0, 0.05) is 5.69 Å². The van der Waals surface area contributed by atoms with Crippen LogP contribution >= 0.6 is 0 Å². The van der Waals surface area contributed by atoms with Crippen LogP contribution in [-0.4, -0.2) is 19.1 Å². The number of rotatable bonds is 5. The molecule has 0 heterocycles. The molecule has 1 rings (SSSR count). The van der Waals surface area contributed by atoms with E-state index in [1.54, 1.807) is 0 Å². The second-order valence-electron chi connectivity index (χ2n) is 3.17. The average Bonchev–Trinajstić information content (AvgIpc) is 2.18. The predicted molar refractivity (Wildman–Crippen MR) is 59.4 cm³/mol. The second kappa shape index (κ2) is 6.16. The van der Waals surface area contributed by atoms with Crippen molar-refractivity contribution in [3.8, 4) is 0 Å². The molecule has 2 N–H and O–H groups in total. The smallest absolute Gasteiger partial charge is 0.240 e. The average molecular weight is 208 g/mol. The van der Waals surface area contributed by atoms with E-state index >= 15 is 0 Å².